The van der Waals surface area contributed by atoms with Gasteiger partial charge in [0.15, 0.2) is 0 Å². The van der Waals surface area contributed by atoms with E-state index < -0.39 is 0 Å². The molecule has 0 aromatic heterocycles. The van der Waals surface area contributed by atoms with Gasteiger partial charge < -0.3 is 11.1 Å². The van der Waals surface area contributed by atoms with Gasteiger partial charge >= 0.3 is 0 Å². The SMILES string of the molecule is CCSC1CCCC1NC(=O)C(C)N.Cl. The van der Waals surface area contributed by atoms with E-state index in [1.165, 1.54) is 12.8 Å². The second kappa shape index (κ2) is 7.36. The Bertz CT molecular complexity index is 202. The van der Waals surface area contributed by atoms with Crippen molar-refractivity contribution < 1.29 is 4.79 Å². The number of amides is 1. The summed E-state index contributed by atoms with van der Waals surface area (Å²) < 4.78 is 0. The molecule has 0 radical (unpaired) electrons. The van der Waals surface area contributed by atoms with Crippen LogP contribution in [0.1, 0.15) is 33.1 Å². The van der Waals surface area contributed by atoms with Gasteiger partial charge in [-0.3, -0.25) is 4.79 Å². The Morgan fingerprint density at radius 2 is 2.27 bits per heavy atom. The summed E-state index contributed by atoms with van der Waals surface area (Å²) in [5.74, 6) is 1.11. The van der Waals surface area contributed by atoms with Gasteiger partial charge in [0.2, 0.25) is 5.91 Å². The maximum Gasteiger partial charge on any atom is 0.236 e. The standard InChI is InChI=1S/C10H20N2OS.ClH/c1-3-14-9-6-4-5-8(9)12-10(13)7(2)11;/h7-9H,3-6,11H2,1-2H3,(H,12,13);1H. The fourth-order valence-corrected chi connectivity index (χ4v) is 3.02. The number of halogens is 1. The number of thioether (sulfide) groups is 1. The fourth-order valence-electron chi connectivity index (χ4n) is 1.82. The van der Waals surface area contributed by atoms with Crippen molar-refractivity contribution in [3.63, 3.8) is 0 Å². The topological polar surface area (TPSA) is 55.1 Å². The van der Waals surface area contributed by atoms with Gasteiger partial charge in [-0.15, -0.1) is 12.4 Å². The van der Waals surface area contributed by atoms with Gasteiger partial charge in [0.05, 0.1) is 6.04 Å². The average molecular weight is 253 g/mol. The van der Waals surface area contributed by atoms with Gasteiger partial charge in [-0.25, -0.2) is 0 Å². The minimum atomic E-state index is -0.386. The first-order chi connectivity index (χ1) is 6.65. The molecule has 0 spiro atoms. The van der Waals surface area contributed by atoms with Gasteiger partial charge in [-0.1, -0.05) is 13.3 Å². The molecule has 1 amide bonds. The van der Waals surface area contributed by atoms with Gasteiger partial charge in [0.1, 0.15) is 0 Å². The van der Waals surface area contributed by atoms with E-state index in [-0.39, 0.29) is 24.4 Å². The molecule has 3 unspecified atom stereocenters. The van der Waals surface area contributed by atoms with Crippen molar-refractivity contribution in [2.45, 2.75) is 50.4 Å². The van der Waals surface area contributed by atoms with Gasteiger partial charge in [0.25, 0.3) is 0 Å². The summed E-state index contributed by atoms with van der Waals surface area (Å²) >= 11 is 1.95. The number of carbonyl (C=O) groups excluding carboxylic acids is 1. The lowest BCUT2D eigenvalue weighted by Gasteiger charge is -2.21. The lowest BCUT2D eigenvalue weighted by molar-refractivity contribution is -0.122. The summed E-state index contributed by atoms with van der Waals surface area (Å²) in [6.45, 7) is 3.89. The molecule has 1 aliphatic carbocycles. The molecule has 0 bridgehead atoms. The predicted octanol–water partition coefficient (Wildman–Crippen LogP) is 1.55. The van der Waals surface area contributed by atoms with Crippen LogP contribution >= 0.6 is 24.2 Å². The molecule has 15 heavy (non-hydrogen) atoms. The van der Waals surface area contributed by atoms with Crippen molar-refractivity contribution >= 4 is 30.1 Å². The molecular formula is C10H21ClN2OS. The van der Waals surface area contributed by atoms with Gasteiger partial charge in [-0.05, 0) is 25.5 Å². The molecule has 90 valence electrons. The van der Waals surface area contributed by atoms with Crippen molar-refractivity contribution in [2.24, 2.45) is 5.73 Å². The van der Waals surface area contributed by atoms with Crippen molar-refractivity contribution in [3.05, 3.63) is 0 Å². The first kappa shape index (κ1) is 15.1. The molecule has 0 saturated heterocycles. The quantitative estimate of drug-likeness (QED) is 0.798. The molecule has 1 aliphatic rings. The van der Waals surface area contributed by atoms with E-state index in [9.17, 15) is 4.79 Å². The van der Waals surface area contributed by atoms with E-state index in [4.69, 9.17) is 5.73 Å². The van der Waals surface area contributed by atoms with Crippen molar-refractivity contribution in [1.29, 1.82) is 0 Å². The smallest absolute Gasteiger partial charge is 0.236 e. The highest BCUT2D eigenvalue weighted by atomic mass is 35.5. The Balaban J connectivity index is 0.00000196. The summed E-state index contributed by atoms with van der Waals surface area (Å²) in [5.41, 5.74) is 5.51. The molecule has 0 aromatic rings. The number of hydrogen-bond acceptors (Lipinski definition) is 3. The van der Waals surface area contributed by atoms with Crippen LogP contribution in [0.15, 0.2) is 0 Å². The largest absolute Gasteiger partial charge is 0.351 e. The molecule has 3 atom stereocenters. The molecular weight excluding hydrogens is 232 g/mol. The van der Waals surface area contributed by atoms with Crippen molar-refractivity contribution in [3.8, 4) is 0 Å². The number of nitrogens with one attached hydrogen (secondary N) is 1. The highest BCUT2D eigenvalue weighted by Crippen LogP contribution is 2.29. The normalized spacial score (nSPS) is 26.9. The Kier molecular flexibility index (Phi) is 7.40. The third-order valence-electron chi connectivity index (χ3n) is 2.57. The van der Waals surface area contributed by atoms with E-state index >= 15 is 0 Å². The zero-order valence-electron chi connectivity index (χ0n) is 9.36. The van der Waals surface area contributed by atoms with E-state index in [1.54, 1.807) is 6.92 Å². The lowest BCUT2D eigenvalue weighted by Crippen LogP contribution is -2.46. The second-order valence-corrected chi connectivity index (χ2v) is 5.34. The molecule has 3 N–H and O–H groups in total. The maximum absolute atomic E-state index is 11.4. The van der Waals surface area contributed by atoms with Gasteiger partial charge in [0, 0.05) is 11.3 Å². The highest BCUT2D eigenvalue weighted by Gasteiger charge is 2.28. The zero-order valence-corrected chi connectivity index (χ0v) is 11.0. The van der Waals surface area contributed by atoms with Crippen LogP contribution in [0.3, 0.4) is 0 Å². The molecule has 1 rings (SSSR count). The Morgan fingerprint density at radius 1 is 1.60 bits per heavy atom. The van der Waals surface area contributed by atoms with Crippen LogP contribution in [0.2, 0.25) is 0 Å². The van der Waals surface area contributed by atoms with Crippen LogP contribution in [-0.2, 0) is 4.79 Å². The zero-order chi connectivity index (χ0) is 10.6. The molecule has 0 aliphatic heterocycles. The Hall–Kier alpha value is 0.0700. The van der Waals surface area contributed by atoms with E-state index in [0.717, 1.165) is 12.2 Å². The predicted molar refractivity (Wildman–Crippen MR) is 68.6 cm³/mol. The summed E-state index contributed by atoms with van der Waals surface area (Å²) in [6, 6.07) is -0.0404. The van der Waals surface area contributed by atoms with Crippen LogP contribution in [-0.4, -0.2) is 29.0 Å². The number of carbonyl (C=O) groups is 1. The van der Waals surface area contributed by atoms with Crippen LogP contribution in [0.25, 0.3) is 0 Å². The summed E-state index contributed by atoms with van der Waals surface area (Å²) in [6.07, 6.45) is 3.56. The average Bonchev–Trinajstić information content (AvgIpc) is 2.53. The number of rotatable bonds is 4. The molecule has 3 nitrogen and oxygen atoms in total. The molecule has 5 heteroatoms. The Morgan fingerprint density at radius 3 is 2.80 bits per heavy atom. The van der Waals surface area contributed by atoms with Crippen LogP contribution in [0.5, 0.6) is 0 Å². The van der Waals surface area contributed by atoms with E-state index in [0.29, 0.717) is 11.3 Å². The Labute approximate surface area is 102 Å². The monoisotopic (exact) mass is 252 g/mol. The van der Waals surface area contributed by atoms with E-state index in [2.05, 4.69) is 12.2 Å². The molecule has 1 fully saturated rings. The van der Waals surface area contributed by atoms with Crippen molar-refractivity contribution in [1.82, 2.24) is 5.32 Å². The molecule has 0 aromatic carbocycles. The minimum Gasteiger partial charge on any atom is -0.351 e. The maximum atomic E-state index is 11.4. The molecule has 0 heterocycles. The van der Waals surface area contributed by atoms with Gasteiger partial charge in [-0.2, -0.15) is 11.8 Å². The number of hydrogen-bond donors (Lipinski definition) is 2. The van der Waals surface area contributed by atoms with Crippen LogP contribution < -0.4 is 11.1 Å². The van der Waals surface area contributed by atoms with Crippen molar-refractivity contribution in [2.75, 3.05) is 5.75 Å². The van der Waals surface area contributed by atoms with Crippen LogP contribution in [0, 0.1) is 0 Å². The fraction of sp³-hybridized carbons (Fsp3) is 0.900. The second-order valence-electron chi connectivity index (χ2n) is 3.83. The highest BCUT2D eigenvalue weighted by molar-refractivity contribution is 7.99. The van der Waals surface area contributed by atoms with Crippen LogP contribution in [0.4, 0.5) is 0 Å². The summed E-state index contributed by atoms with van der Waals surface area (Å²) in [4.78, 5) is 11.4. The number of nitrogens with two attached hydrogens (primary N) is 1. The third-order valence-corrected chi connectivity index (χ3v) is 3.90. The first-order valence-corrected chi connectivity index (χ1v) is 6.37. The molecule has 1 saturated carbocycles. The lowest BCUT2D eigenvalue weighted by atomic mass is 10.2. The minimum absolute atomic E-state index is 0. The summed E-state index contributed by atoms with van der Waals surface area (Å²) in [7, 11) is 0. The first-order valence-electron chi connectivity index (χ1n) is 5.32. The summed E-state index contributed by atoms with van der Waals surface area (Å²) in [5, 5.41) is 3.63. The third kappa shape index (κ3) is 4.62. The van der Waals surface area contributed by atoms with E-state index in [1.807, 2.05) is 11.8 Å².